The largest absolute Gasteiger partial charge is 0.311 e. The summed E-state index contributed by atoms with van der Waals surface area (Å²) in [6, 6.07) is 1.41. The van der Waals surface area contributed by atoms with Crippen molar-refractivity contribution in [1.29, 1.82) is 0 Å². The molecule has 0 spiro atoms. The van der Waals surface area contributed by atoms with Gasteiger partial charge < -0.3 is 5.32 Å². The van der Waals surface area contributed by atoms with Gasteiger partial charge in [0.1, 0.15) is 0 Å². The maximum atomic E-state index is 3.54. The summed E-state index contributed by atoms with van der Waals surface area (Å²) in [6.07, 6.45) is 2.97. The van der Waals surface area contributed by atoms with Crippen molar-refractivity contribution >= 4 is 0 Å². The van der Waals surface area contributed by atoms with Crippen molar-refractivity contribution in [3.63, 3.8) is 0 Å². The molecule has 2 aliphatic rings. The van der Waals surface area contributed by atoms with Gasteiger partial charge in [0.25, 0.3) is 0 Å². The van der Waals surface area contributed by atoms with E-state index in [-0.39, 0.29) is 0 Å². The molecule has 1 heterocycles. The molecular weight excluding hydrogens is 172 g/mol. The van der Waals surface area contributed by atoms with Gasteiger partial charge in [-0.05, 0) is 38.5 Å². The van der Waals surface area contributed by atoms with E-state index >= 15 is 0 Å². The Morgan fingerprint density at radius 1 is 1.36 bits per heavy atom. The molecule has 0 aromatic heterocycles. The van der Waals surface area contributed by atoms with Gasteiger partial charge in [-0.2, -0.15) is 0 Å². The predicted molar refractivity (Wildman–Crippen MR) is 60.4 cm³/mol. The second kappa shape index (κ2) is 4.19. The second-order valence-electron chi connectivity index (χ2n) is 5.43. The zero-order valence-electron chi connectivity index (χ0n) is 9.79. The van der Waals surface area contributed by atoms with Crippen molar-refractivity contribution in [2.75, 3.05) is 19.6 Å². The summed E-state index contributed by atoms with van der Waals surface area (Å²) in [5.74, 6) is 1.97. The zero-order valence-corrected chi connectivity index (χ0v) is 9.79. The molecule has 2 fully saturated rings. The maximum Gasteiger partial charge on any atom is 0.0193 e. The molecule has 1 N–H and O–H groups in total. The summed E-state index contributed by atoms with van der Waals surface area (Å²) >= 11 is 0. The molecule has 1 aliphatic heterocycles. The van der Waals surface area contributed by atoms with Crippen LogP contribution in [0.25, 0.3) is 0 Å². The molecule has 2 heteroatoms. The van der Waals surface area contributed by atoms with E-state index in [1.54, 1.807) is 0 Å². The first-order valence-electron chi connectivity index (χ1n) is 6.14. The fraction of sp³-hybridized carbons (Fsp3) is 1.00. The summed E-state index contributed by atoms with van der Waals surface area (Å²) < 4.78 is 0. The Hall–Kier alpha value is -0.0800. The van der Waals surface area contributed by atoms with Gasteiger partial charge in [-0.3, -0.25) is 4.90 Å². The monoisotopic (exact) mass is 196 g/mol. The minimum atomic E-state index is 0.678. The fourth-order valence-corrected chi connectivity index (χ4v) is 2.54. The van der Waals surface area contributed by atoms with E-state index in [0.717, 1.165) is 17.9 Å². The van der Waals surface area contributed by atoms with Crippen LogP contribution in [0.3, 0.4) is 0 Å². The number of rotatable bonds is 3. The molecule has 1 saturated heterocycles. The minimum absolute atomic E-state index is 0.678. The van der Waals surface area contributed by atoms with Crippen LogP contribution < -0.4 is 5.32 Å². The normalized spacial score (nSPS) is 37.1. The minimum Gasteiger partial charge on any atom is -0.311 e. The molecule has 0 aromatic rings. The van der Waals surface area contributed by atoms with Gasteiger partial charge in [0.2, 0.25) is 0 Å². The Morgan fingerprint density at radius 3 is 2.71 bits per heavy atom. The third kappa shape index (κ3) is 2.48. The van der Waals surface area contributed by atoms with E-state index < -0.39 is 0 Å². The quantitative estimate of drug-likeness (QED) is 0.739. The van der Waals surface area contributed by atoms with Crippen molar-refractivity contribution in [1.82, 2.24) is 10.2 Å². The van der Waals surface area contributed by atoms with Crippen molar-refractivity contribution in [2.24, 2.45) is 11.8 Å². The highest BCUT2D eigenvalue weighted by molar-refractivity contribution is 4.86. The number of hydrogen-bond acceptors (Lipinski definition) is 2. The Labute approximate surface area is 88.1 Å². The van der Waals surface area contributed by atoms with Gasteiger partial charge in [-0.1, -0.05) is 6.92 Å². The molecule has 2 nitrogen and oxygen atoms in total. The first-order valence-corrected chi connectivity index (χ1v) is 6.14. The lowest BCUT2D eigenvalue weighted by Gasteiger charge is -2.39. The summed E-state index contributed by atoms with van der Waals surface area (Å²) in [7, 11) is 0. The SMILES string of the molecule is CC1CN(CC(C)C2CC2)C(C)CN1. The van der Waals surface area contributed by atoms with Crippen LogP contribution in [0.5, 0.6) is 0 Å². The molecule has 2 rings (SSSR count). The van der Waals surface area contributed by atoms with Crippen LogP contribution >= 0.6 is 0 Å². The lowest BCUT2D eigenvalue weighted by atomic mass is 10.0. The summed E-state index contributed by atoms with van der Waals surface area (Å²) in [6.45, 7) is 10.8. The van der Waals surface area contributed by atoms with Crippen molar-refractivity contribution in [3.8, 4) is 0 Å². The number of nitrogens with zero attached hydrogens (tertiary/aromatic N) is 1. The number of nitrogens with one attached hydrogen (secondary N) is 1. The van der Waals surface area contributed by atoms with Crippen molar-refractivity contribution in [3.05, 3.63) is 0 Å². The average Bonchev–Trinajstić information content (AvgIpc) is 2.94. The standard InChI is InChI=1S/C12H24N2/c1-9(12-4-5-12)7-14-8-10(2)13-6-11(14)3/h9-13H,4-8H2,1-3H3. The van der Waals surface area contributed by atoms with Crippen LogP contribution in [0.2, 0.25) is 0 Å². The molecule has 0 bridgehead atoms. The Morgan fingerprint density at radius 2 is 2.07 bits per heavy atom. The summed E-state index contributed by atoms with van der Waals surface area (Å²) in [5.41, 5.74) is 0. The maximum absolute atomic E-state index is 3.54. The van der Waals surface area contributed by atoms with Gasteiger partial charge >= 0.3 is 0 Å². The van der Waals surface area contributed by atoms with Gasteiger partial charge in [-0.25, -0.2) is 0 Å². The molecule has 14 heavy (non-hydrogen) atoms. The Kier molecular flexibility index (Phi) is 3.13. The molecule has 0 aromatic carbocycles. The molecular formula is C12H24N2. The predicted octanol–water partition coefficient (Wildman–Crippen LogP) is 1.71. The molecule has 82 valence electrons. The summed E-state index contributed by atoms with van der Waals surface area (Å²) in [5, 5.41) is 3.54. The smallest absolute Gasteiger partial charge is 0.0193 e. The van der Waals surface area contributed by atoms with Gasteiger partial charge in [0.15, 0.2) is 0 Å². The molecule has 3 unspecified atom stereocenters. The van der Waals surface area contributed by atoms with E-state index in [4.69, 9.17) is 0 Å². The first-order chi connectivity index (χ1) is 6.66. The van der Waals surface area contributed by atoms with Crippen molar-refractivity contribution < 1.29 is 0 Å². The third-order valence-corrected chi connectivity index (χ3v) is 3.84. The Bertz CT molecular complexity index is 189. The molecule has 1 aliphatic carbocycles. The van der Waals surface area contributed by atoms with Crippen LogP contribution in [0.1, 0.15) is 33.6 Å². The lowest BCUT2D eigenvalue weighted by Crippen LogP contribution is -2.55. The highest BCUT2D eigenvalue weighted by atomic mass is 15.2. The van der Waals surface area contributed by atoms with Crippen LogP contribution in [0.15, 0.2) is 0 Å². The molecule has 0 amide bonds. The van der Waals surface area contributed by atoms with E-state index in [1.165, 1.54) is 32.5 Å². The number of piperazine rings is 1. The third-order valence-electron chi connectivity index (χ3n) is 3.84. The van der Waals surface area contributed by atoms with Crippen LogP contribution in [-0.4, -0.2) is 36.6 Å². The molecule has 0 radical (unpaired) electrons. The fourth-order valence-electron chi connectivity index (χ4n) is 2.54. The van der Waals surface area contributed by atoms with Gasteiger partial charge in [0, 0.05) is 31.7 Å². The van der Waals surface area contributed by atoms with Crippen molar-refractivity contribution in [2.45, 2.75) is 45.7 Å². The molecule has 3 atom stereocenters. The second-order valence-corrected chi connectivity index (χ2v) is 5.43. The zero-order chi connectivity index (χ0) is 10.1. The summed E-state index contributed by atoms with van der Waals surface area (Å²) in [4.78, 5) is 2.67. The topological polar surface area (TPSA) is 15.3 Å². The lowest BCUT2D eigenvalue weighted by molar-refractivity contribution is 0.123. The highest BCUT2D eigenvalue weighted by Gasteiger charge is 2.31. The number of hydrogen-bond donors (Lipinski definition) is 1. The van der Waals surface area contributed by atoms with Gasteiger partial charge in [0.05, 0.1) is 0 Å². The highest BCUT2D eigenvalue weighted by Crippen LogP contribution is 2.37. The van der Waals surface area contributed by atoms with E-state index in [0.29, 0.717) is 6.04 Å². The Balaban J connectivity index is 1.81. The van der Waals surface area contributed by atoms with Crippen LogP contribution in [-0.2, 0) is 0 Å². The van der Waals surface area contributed by atoms with E-state index in [2.05, 4.69) is 31.0 Å². The average molecular weight is 196 g/mol. The van der Waals surface area contributed by atoms with E-state index in [1.807, 2.05) is 0 Å². The first kappa shape index (κ1) is 10.4. The van der Waals surface area contributed by atoms with Crippen LogP contribution in [0.4, 0.5) is 0 Å². The van der Waals surface area contributed by atoms with E-state index in [9.17, 15) is 0 Å². The van der Waals surface area contributed by atoms with Crippen LogP contribution in [0, 0.1) is 11.8 Å². The molecule has 1 saturated carbocycles. The van der Waals surface area contributed by atoms with Gasteiger partial charge in [-0.15, -0.1) is 0 Å².